The van der Waals surface area contributed by atoms with E-state index in [-0.39, 0.29) is 17.2 Å². The predicted molar refractivity (Wildman–Crippen MR) is 80.8 cm³/mol. The summed E-state index contributed by atoms with van der Waals surface area (Å²) >= 11 is 1.25. The number of nitro benzene ring substituents is 1. The van der Waals surface area contributed by atoms with E-state index in [1.54, 1.807) is 30.3 Å². The maximum absolute atomic E-state index is 11.3. The number of hydrogen-bond acceptors (Lipinski definition) is 5. The Bertz CT molecular complexity index is 700. The normalized spacial score (nSPS) is 10.3. The van der Waals surface area contributed by atoms with Gasteiger partial charge >= 0.3 is 0 Å². The molecule has 2 aromatic rings. The van der Waals surface area contributed by atoms with E-state index in [0.29, 0.717) is 21.8 Å². The van der Waals surface area contributed by atoms with Gasteiger partial charge in [0.25, 0.3) is 5.69 Å². The zero-order valence-corrected chi connectivity index (χ0v) is 12.1. The fraction of sp³-hybridized carbons (Fsp3) is 0.133. The predicted octanol–water partition coefficient (Wildman–Crippen LogP) is 3.80. The molecule has 0 unspecified atom stereocenters. The first-order valence-corrected chi connectivity index (χ1v) is 7.16. The van der Waals surface area contributed by atoms with Gasteiger partial charge in [-0.15, -0.1) is 11.8 Å². The van der Waals surface area contributed by atoms with Crippen molar-refractivity contribution in [3.8, 4) is 5.75 Å². The number of hydrogen-bond donors (Lipinski definition) is 1. The third-order valence-corrected chi connectivity index (χ3v) is 4.04. The number of phenols is 1. The number of phenolic OH excluding ortho intramolecular Hbond substituents is 1. The first-order valence-electron chi connectivity index (χ1n) is 6.18. The van der Waals surface area contributed by atoms with Gasteiger partial charge < -0.3 is 5.11 Å². The minimum Gasteiger partial charge on any atom is -0.508 e. The van der Waals surface area contributed by atoms with Crippen LogP contribution in [0, 0.1) is 10.1 Å². The lowest BCUT2D eigenvalue weighted by molar-refractivity contribution is -0.387. The van der Waals surface area contributed by atoms with Crippen LogP contribution >= 0.6 is 11.8 Å². The molecule has 0 aromatic heterocycles. The molecule has 0 saturated heterocycles. The zero-order valence-electron chi connectivity index (χ0n) is 11.3. The number of carbonyl (C=O) groups is 1. The summed E-state index contributed by atoms with van der Waals surface area (Å²) in [6.07, 6.45) is 0. The largest absolute Gasteiger partial charge is 0.508 e. The van der Waals surface area contributed by atoms with Crippen LogP contribution in [-0.4, -0.2) is 15.8 Å². The number of aromatic hydroxyl groups is 1. The molecule has 108 valence electrons. The highest BCUT2D eigenvalue weighted by molar-refractivity contribution is 7.98. The molecule has 0 atom stereocenters. The first kappa shape index (κ1) is 15.1. The molecule has 0 aliphatic heterocycles. The van der Waals surface area contributed by atoms with Crippen LogP contribution in [0.1, 0.15) is 22.8 Å². The molecule has 0 saturated carbocycles. The molecule has 1 N–H and O–H groups in total. The molecule has 0 fully saturated rings. The second-order valence-electron chi connectivity index (χ2n) is 4.41. The van der Waals surface area contributed by atoms with Crippen molar-refractivity contribution in [1.29, 1.82) is 0 Å². The Morgan fingerprint density at radius 1 is 1.29 bits per heavy atom. The van der Waals surface area contributed by atoms with Crippen molar-refractivity contribution >= 4 is 23.2 Å². The maximum atomic E-state index is 11.3. The Kier molecular flexibility index (Phi) is 4.59. The Balaban J connectivity index is 2.22. The van der Waals surface area contributed by atoms with Crippen LogP contribution in [0.25, 0.3) is 0 Å². The zero-order chi connectivity index (χ0) is 15.4. The molecule has 0 aliphatic carbocycles. The summed E-state index contributed by atoms with van der Waals surface area (Å²) in [6.45, 7) is 1.45. The SMILES string of the molecule is CC(=O)c1ccc(O)c(CSc2ccccc2[N+](=O)[O-])c1. The van der Waals surface area contributed by atoms with Crippen LogP contribution in [0.4, 0.5) is 5.69 Å². The summed E-state index contributed by atoms with van der Waals surface area (Å²) in [6, 6.07) is 11.1. The van der Waals surface area contributed by atoms with E-state index < -0.39 is 4.92 Å². The highest BCUT2D eigenvalue weighted by Gasteiger charge is 2.14. The Morgan fingerprint density at radius 2 is 2.00 bits per heavy atom. The van der Waals surface area contributed by atoms with E-state index in [9.17, 15) is 20.0 Å². The van der Waals surface area contributed by atoms with Gasteiger partial charge in [0.05, 0.1) is 9.82 Å². The quantitative estimate of drug-likeness (QED) is 0.393. The van der Waals surface area contributed by atoms with Crippen molar-refractivity contribution in [3.05, 3.63) is 63.7 Å². The van der Waals surface area contributed by atoms with Crippen molar-refractivity contribution in [2.24, 2.45) is 0 Å². The number of ketones is 1. The van der Waals surface area contributed by atoms with Gasteiger partial charge in [-0.25, -0.2) is 0 Å². The van der Waals surface area contributed by atoms with E-state index >= 15 is 0 Å². The van der Waals surface area contributed by atoms with Gasteiger partial charge in [0, 0.05) is 22.9 Å². The average Bonchev–Trinajstić information content (AvgIpc) is 2.46. The summed E-state index contributed by atoms with van der Waals surface area (Å²) in [4.78, 5) is 22.4. The number of nitrogens with zero attached hydrogens (tertiary/aromatic N) is 1. The number of rotatable bonds is 5. The molecule has 0 amide bonds. The second-order valence-corrected chi connectivity index (χ2v) is 5.43. The molecule has 2 aromatic carbocycles. The van der Waals surface area contributed by atoms with Crippen LogP contribution in [0.5, 0.6) is 5.75 Å². The van der Waals surface area contributed by atoms with Gasteiger partial charge in [-0.05, 0) is 31.2 Å². The third-order valence-electron chi connectivity index (χ3n) is 2.93. The number of para-hydroxylation sites is 1. The van der Waals surface area contributed by atoms with Crippen molar-refractivity contribution in [2.75, 3.05) is 0 Å². The van der Waals surface area contributed by atoms with Gasteiger partial charge in [-0.3, -0.25) is 14.9 Å². The van der Waals surface area contributed by atoms with Gasteiger partial charge in [0.2, 0.25) is 0 Å². The standard InChI is InChI=1S/C15H13NO4S/c1-10(17)11-6-7-14(18)12(8-11)9-21-15-5-3-2-4-13(15)16(19)20/h2-8,18H,9H2,1H3. The minimum absolute atomic E-state index is 0.0321. The van der Waals surface area contributed by atoms with Crippen molar-refractivity contribution in [3.63, 3.8) is 0 Å². The number of Topliss-reactive ketones (excluding diaryl/α,β-unsaturated/α-hetero) is 1. The highest BCUT2D eigenvalue weighted by atomic mass is 32.2. The molecule has 0 heterocycles. The van der Waals surface area contributed by atoms with Gasteiger partial charge in [0.15, 0.2) is 5.78 Å². The summed E-state index contributed by atoms with van der Waals surface area (Å²) < 4.78 is 0. The molecule has 5 nitrogen and oxygen atoms in total. The van der Waals surface area contributed by atoms with E-state index in [1.807, 2.05) is 0 Å². The average molecular weight is 303 g/mol. The van der Waals surface area contributed by atoms with E-state index in [1.165, 1.54) is 30.8 Å². The van der Waals surface area contributed by atoms with Gasteiger partial charge in [-0.1, -0.05) is 12.1 Å². The molecule has 0 radical (unpaired) electrons. The molecule has 0 aliphatic rings. The van der Waals surface area contributed by atoms with Crippen LogP contribution in [0.3, 0.4) is 0 Å². The van der Waals surface area contributed by atoms with Crippen LogP contribution in [0.15, 0.2) is 47.4 Å². The second kappa shape index (κ2) is 6.41. The fourth-order valence-electron chi connectivity index (χ4n) is 1.81. The van der Waals surface area contributed by atoms with Gasteiger partial charge in [0.1, 0.15) is 5.75 Å². The Labute approximate surface area is 125 Å². The van der Waals surface area contributed by atoms with E-state index in [4.69, 9.17) is 0 Å². The molecule has 0 bridgehead atoms. The first-order chi connectivity index (χ1) is 9.99. The fourth-order valence-corrected chi connectivity index (χ4v) is 2.81. The monoisotopic (exact) mass is 303 g/mol. The molecule has 2 rings (SSSR count). The topological polar surface area (TPSA) is 80.4 Å². The molecule has 21 heavy (non-hydrogen) atoms. The lowest BCUT2D eigenvalue weighted by Gasteiger charge is -2.07. The summed E-state index contributed by atoms with van der Waals surface area (Å²) in [5.41, 5.74) is 1.11. The number of nitro groups is 1. The number of benzene rings is 2. The number of carbonyl (C=O) groups excluding carboxylic acids is 1. The number of thioether (sulfide) groups is 1. The maximum Gasteiger partial charge on any atom is 0.282 e. The van der Waals surface area contributed by atoms with Crippen LogP contribution in [0.2, 0.25) is 0 Å². The lowest BCUT2D eigenvalue weighted by atomic mass is 10.1. The van der Waals surface area contributed by atoms with E-state index in [2.05, 4.69) is 0 Å². The molecular formula is C15H13NO4S. The van der Waals surface area contributed by atoms with Crippen molar-refractivity contribution in [1.82, 2.24) is 0 Å². The minimum atomic E-state index is -0.436. The van der Waals surface area contributed by atoms with Crippen LogP contribution in [-0.2, 0) is 5.75 Å². The smallest absolute Gasteiger partial charge is 0.282 e. The Hall–Kier alpha value is -2.34. The Morgan fingerprint density at radius 3 is 2.67 bits per heavy atom. The molecule has 6 heteroatoms. The van der Waals surface area contributed by atoms with Crippen molar-refractivity contribution < 1.29 is 14.8 Å². The molecule has 0 spiro atoms. The summed E-state index contributed by atoms with van der Waals surface area (Å²) in [5.74, 6) is 0.329. The summed E-state index contributed by atoms with van der Waals surface area (Å²) in [5, 5.41) is 20.8. The van der Waals surface area contributed by atoms with Crippen molar-refractivity contribution in [2.45, 2.75) is 17.6 Å². The summed E-state index contributed by atoms with van der Waals surface area (Å²) in [7, 11) is 0. The third kappa shape index (κ3) is 3.61. The van der Waals surface area contributed by atoms with Crippen LogP contribution < -0.4 is 0 Å². The lowest BCUT2D eigenvalue weighted by Crippen LogP contribution is -1.94. The van der Waals surface area contributed by atoms with E-state index in [0.717, 1.165) is 0 Å². The molecular weight excluding hydrogens is 290 g/mol. The van der Waals surface area contributed by atoms with Gasteiger partial charge in [-0.2, -0.15) is 0 Å². The highest BCUT2D eigenvalue weighted by Crippen LogP contribution is 2.33.